The number of ether oxygens (including phenoxy) is 1. The SMILES string of the molecule is CO[C@](CN)(COP(=O)(O)OP(=O)(O)OP(=O)(O)O)[C@@H](O)[C@@H](F)n1ccc(N)nc1=O. The van der Waals surface area contributed by atoms with Crippen molar-refractivity contribution in [1.29, 1.82) is 0 Å². The minimum atomic E-state index is -5.81. The number of phosphoric acid groups is 3. The molecule has 1 heterocycles. The van der Waals surface area contributed by atoms with Gasteiger partial charge in [-0.15, -0.1) is 0 Å². The lowest BCUT2D eigenvalue weighted by Gasteiger charge is -2.37. The Balaban J connectivity index is 3.06. The normalized spacial score (nSPS) is 20.3. The van der Waals surface area contributed by atoms with Crippen LogP contribution in [0.3, 0.4) is 0 Å². The molecule has 1 rings (SSSR count). The van der Waals surface area contributed by atoms with E-state index in [-0.39, 0.29) is 5.82 Å². The van der Waals surface area contributed by atoms with Crippen molar-refractivity contribution >= 4 is 29.3 Å². The van der Waals surface area contributed by atoms with E-state index in [1.165, 1.54) is 0 Å². The Labute approximate surface area is 172 Å². The van der Waals surface area contributed by atoms with Crippen molar-refractivity contribution in [3.05, 3.63) is 22.7 Å². The van der Waals surface area contributed by atoms with Gasteiger partial charge in [0.15, 0.2) is 0 Å². The van der Waals surface area contributed by atoms with Gasteiger partial charge in [-0.25, -0.2) is 22.9 Å². The number of rotatable bonds is 12. The lowest BCUT2D eigenvalue weighted by molar-refractivity contribution is -0.156. The first-order valence-corrected chi connectivity index (χ1v) is 12.2. The number of aliphatic hydroxyl groups is 1. The van der Waals surface area contributed by atoms with E-state index in [0.717, 1.165) is 19.4 Å². The standard InChI is InChI=1S/C10H20FN4O13P3/c1-25-10(4-12,7(16)8(11)15-3-2-6(13)14-9(15)17)5-26-30(21,22)28-31(23,24)27-29(18,19)20/h2-3,7-8,16H,4-5,12H2,1H3,(H,21,22)(H,23,24)(H2,13,14,17)(H2,18,19,20)/t7-,8-,10+/m0/s1. The van der Waals surface area contributed by atoms with Crippen LogP contribution in [-0.2, 0) is 31.6 Å². The van der Waals surface area contributed by atoms with E-state index >= 15 is 0 Å². The van der Waals surface area contributed by atoms with E-state index in [0.29, 0.717) is 4.57 Å². The third kappa shape index (κ3) is 8.07. The van der Waals surface area contributed by atoms with Crippen molar-refractivity contribution in [3.8, 4) is 0 Å². The number of hydrogen-bond donors (Lipinski definition) is 7. The first-order chi connectivity index (χ1) is 14.0. The molecule has 9 N–H and O–H groups in total. The van der Waals surface area contributed by atoms with Gasteiger partial charge in [0.25, 0.3) is 0 Å². The van der Waals surface area contributed by atoms with Crippen molar-refractivity contribution < 1.29 is 60.6 Å². The largest absolute Gasteiger partial charge is 0.490 e. The molecule has 17 nitrogen and oxygen atoms in total. The summed E-state index contributed by atoms with van der Waals surface area (Å²) >= 11 is 0. The van der Waals surface area contributed by atoms with Crippen LogP contribution >= 0.6 is 23.5 Å². The highest BCUT2D eigenvalue weighted by atomic mass is 31.3. The molecule has 31 heavy (non-hydrogen) atoms. The Morgan fingerprint density at radius 1 is 1.23 bits per heavy atom. The summed E-state index contributed by atoms with van der Waals surface area (Å²) in [6.45, 7) is -2.07. The summed E-state index contributed by atoms with van der Waals surface area (Å²) in [6.07, 6.45) is -4.09. The minimum Gasteiger partial charge on any atom is -0.385 e. The Morgan fingerprint density at radius 3 is 2.26 bits per heavy atom. The first-order valence-electron chi connectivity index (χ1n) is 7.68. The van der Waals surface area contributed by atoms with Gasteiger partial charge in [-0.2, -0.15) is 13.6 Å². The Kier molecular flexibility index (Phi) is 9.22. The van der Waals surface area contributed by atoms with E-state index in [4.69, 9.17) is 30.9 Å². The third-order valence-electron chi connectivity index (χ3n) is 3.56. The summed E-state index contributed by atoms with van der Waals surface area (Å²) in [4.78, 5) is 50.6. The van der Waals surface area contributed by atoms with E-state index in [1.807, 2.05) is 0 Å². The number of methoxy groups -OCH3 is 1. The monoisotopic (exact) mass is 516 g/mol. The van der Waals surface area contributed by atoms with Gasteiger partial charge >= 0.3 is 29.2 Å². The molecule has 180 valence electrons. The maximum absolute atomic E-state index is 14.8. The number of nitrogens with zero attached hydrogens (tertiary/aromatic N) is 2. The van der Waals surface area contributed by atoms with E-state index in [9.17, 15) is 32.9 Å². The molecule has 0 aliphatic carbocycles. The Bertz CT molecular complexity index is 965. The number of phosphoric ester groups is 1. The summed E-state index contributed by atoms with van der Waals surface area (Å²) in [5.74, 6) is -0.243. The van der Waals surface area contributed by atoms with Crippen LogP contribution < -0.4 is 17.2 Å². The fourth-order valence-electron chi connectivity index (χ4n) is 2.04. The van der Waals surface area contributed by atoms with Crippen molar-refractivity contribution in [2.75, 3.05) is 26.0 Å². The molecule has 21 heteroatoms. The quantitative estimate of drug-likeness (QED) is 0.153. The predicted molar refractivity (Wildman–Crippen MR) is 97.7 cm³/mol. The molecule has 0 fully saturated rings. The second kappa shape index (κ2) is 10.2. The number of alkyl halides is 1. The zero-order valence-corrected chi connectivity index (χ0v) is 18.2. The molecule has 1 aromatic heterocycles. The predicted octanol–water partition coefficient (Wildman–Crippen LogP) is -1.66. The van der Waals surface area contributed by atoms with Crippen LogP contribution in [0.25, 0.3) is 0 Å². The number of nitrogens with two attached hydrogens (primary N) is 2. The van der Waals surface area contributed by atoms with Crippen LogP contribution in [0.1, 0.15) is 6.30 Å². The summed E-state index contributed by atoms with van der Waals surface area (Å²) in [7, 11) is -16.2. The Hall–Kier alpha value is -1.10. The number of halogens is 1. The number of hydrogen-bond acceptors (Lipinski definition) is 12. The van der Waals surface area contributed by atoms with E-state index in [1.54, 1.807) is 0 Å². The third-order valence-corrected chi connectivity index (χ3v) is 7.34. The van der Waals surface area contributed by atoms with Crippen LogP contribution in [-0.4, -0.2) is 66.2 Å². The highest BCUT2D eigenvalue weighted by Crippen LogP contribution is 2.66. The second-order valence-corrected chi connectivity index (χ2v) is 10.1. The van der Waals surface area contributed by atoms with Crippen LogP contribution in [0.5, 0.6) is 0 Å². The summed E-state index contributed by atoms with van der Waals surface area (Å²) in [5.41, 5.74) is 7.17. The highest BCUT2D eigenvalue weighted by Gasteiger charge is 2.47. The van der Waals surface area contributed by atoms with Gasteiger partial charge in [0.2, 0.25) is 6.30 Å². The maximum atomic E-state index is 14.8. The van der Waals surface area contributed by atoms with Gasteiger partial charge in [0.05, 0.1) is 6.61 Å². The number of aliphatic hydroxyl groups excluding tert-OH is 1. The molecule has 0 radical (unpaired) electrons. The zero-order chi connectivity index (χ0) is 24.3. The molecule has 0 saturated heterocycles. The van der Waals surface area contributed by atoms with Crippen molar-refractivity contribution in [2.24, 2.45) is 5.73 Å². The van der Waals surface area contributed by atoms with Gasteiger partial charge in [-0.3, -0.25) is 9.09 Å². The molecule has 0 aliphatic rings. The Morgan fingerprint density at radius 2 is 1.81 bits per heavy atom. The summed E-state index contributed by atoms with van der Waals surface area (Å²) in [6, 6.07) is 1.03. The lowest BCUT2D eigenvalue weighted by atomic mass is 9.96. The number of anilines is 1. The van der Waals surface area contributed by atoms with Gasteiger partial charge < -0.3 is 40.9 Å². The second-order valence-electron chi connectivity index (χ2n) is 5.70. The molecule has 0 aliphatic heterocycles. The van der Waals surface area contributed by atoms with E-state index < -0.39 is 60.3 Å². The molecular formula is C10H20FN4O13P3. The molecule has 0 amide bonds. The molecule has 1 aromatic rings. The van der Waals surface area contributed by atoms with Crippen LogP contribution in [0, 0.1) is 0 Å². The highest BCUT2D eigenvalue weighted by molar-refractivity contribution is 7.66. The average molecular weight is 516 g/mol. The van der Waals surface area contributed by atoms with Gasteiger partial charge in [-0.05, 0) is 6.07 Å². The summed E-state index contributed by atoms with van der Waals surface area (Å²) in [5, 5.41) is 10.3. The fraction of sp³-hybridized carbons (Fsp3) is 0.600. The summed E-state index contributed by atoms with van der Waals surface area (Å²) < 4.78 is 65.1. The van der Waals surface area contributed by atoms with Crippen LogP contribution in [0.4, 0.5) is 10.2 Å². The van der Waals surface area contributed by atoms with Crippen molar-refractivity contribution in [3.63, 3.8) is 0 Å². The molecular weight excluding hydrogens is 496 g/mol. The van der Waals surface area contributed by atoms with Crippen molar-refractivity contribution in [2.45, 2.75) is 18.0 Å². The molecule has 0 spiro atoms. The van der Waals surface area contributed by atoms with Crippen LogP contribution in [0.2, 0.25) is 0 Å². The number of aromatic nitrogens is 2. The molecule has 0 bridgehead atoms. The van der Waals surface area contributed by atoms with Gasteiger partial charge in [-0.1, -0.05) is 0 Å². The smallest absolute Gasteiger partial charge is 0.385 e. The first kappa shape index (κ1) is 27.9. The van der Waals surface area contributed by atoms with Crippen LogP contribution in [0.15, 0.2) is 17.1 Å². The lowest BCUT2D eigenvalue weighted by Crippen LogP contribution is -2.56. The molecule has 2 unspecified atom stereocenters. The molecule has 5 atom stereocenters. The maximum Gasteiger partial charge on any atom is 0.490 e. The van der Waals surface area contributed by atoms with E-state index in [2.05, 4.69) is 18.1 Å². The van der Waals surface area contributed by atoms with Gasteiger partial charge in [0, 0.05) is 19.9 Å². The zero-order valence-electron chi connectivity index (χ0n) is 15.5. The average Bonchev–Trinajstić information content (AvgIpc) is 2.59. The minimum absolute atomic E-state index is 0.243. The van der Waals surface area contributed by atoms with Crippen molar-refractivity contribution in [1.82, 2.24) is 9.55 Å². The number of nitrogen functional groups attached to an aromatic ring is 1. The topological polar surface area (TPSA) is 276 Å². The molecule has 0 aromatic carbocycles. The van der Waals surface area contributed by atoms with Gasteiger partial charge in [0.1, 0.15) is 17.5 Å². The fourth-order valence-corrected chi connectivity index (χ4v) is 5.11. The molecule has 0 saturated carbocycles.